The number of carbonyl (C=O) groups is 3. The van der Waals surface area contributed by atoms with Gasteiger partial charge in [0.15, 0.2) is 0 Å². The van der Waals surface area contributed by atoms with E-state index in [4.69, 9.17) is 5.11 Å². The summed E-state index contributed by atoms with van der Waals surface area (Å²) in [7, 11) is 1.33. The van der Waals surface area contributed by atoms with Gasteiger partial charge in [0.2, 0.25) is 0 Å². The molecule has 0 fully saturated rings. The van der Waals surface area contributed by atoms with E-state index in [-0.39, 0.29) is 18.5 Å². The van der Waals surface area contributed by atoms with Crippen LogP contribution in [0.2, 0.25) is 0 Å². The summed E-state index contributed by atoms with van der Waals surface area (Å²) in [4.78, 5) is 30.0. The van der Waals surface area contributed by atoms with Gasteiger partial charge in [-0.2, -0.15) is 0 Å². The maximum atomic E-state index is 10.5. The van der Waals surface area contributed by atoms with Gasteiger partial charge in [-0.25, -0.2) is 14.4 Å². The summed E-state index contributed by atoms with van der Waals surface area (Å²) < 4.78 is 8.87. The maximum absolute atomic E-state index is 10.5. The van der Waals surface area contributed by atoms with Gasteiger partial charge in [-0.3, -0.25) is 0 Å². The van der Waals surface area contributed by atoms with Crippen LogP contribution < -0.4 is 0 Å². The van der Waals surface area contributed by atoms with Gasteiger partial charge >= 0.3 is 17.9 Å². The maximum Gasteiger partial charge on any atom is 0.333 e. The third-order valence-corrected chi connectivity index (χ3v) is 1.39. The molecule has 0 bridgehead atoms. The zero-order valence-corrected chi connectivity index (χ0v) is 12.7. The van der Waals surface area contributed by atoms with Crippen LogP contribution in [0.15, 0.2) is 49.6 Å². The van der Waals surface area contributed by atoms with Crippen LogP contribution in [0.4, 0.5) is 0 Å². The van der Waals surface area contributed by atoms with E-state index in [9.17, 15) is 14.4 Å². The van der Waals surface area contributed by atoms with E-state index < -0.39 is 5.97 Å². The van der Waals surface area contributed by atoms with Crippen LogP contribution >= 0.6 is 0 Å². The fraction of sp³-hybridized carbons (Fsp3) is 0.267. The molecule has 0 atom stereocenters. The molecule has 21 heavy (non-hydrogen) atoms. The van der Waals surface area contributed by atoms with E-state index in [1.807, 2.05) is 0 Å². The van der Waals surface area contributed by atoms with Crippen LogP contribution in [0, 0.1) is 0 Å². The number of methoxy groups -OCH3 is 1. The van der Waals surface area contributed by atoms with Crippen molar-refractivity contribution in [1.82, 2.24) is 0 Å². The molecular weight excluding hydrogens is 276 g/mol. The Morgan fingerprint density at radius 1 is 1.05 bits per heavy atom. The molecule has 0 saturated heterocycles. The van der Waals surface area contributed by atoms with Crippen LogP contribution in [-0.4, -0.2) is 36.7 Å². The van der Waals surface area contributed by atoms with Crippen molar-refractivity contribution < 1.29 is 29.0 Å². The first-order chi connectivity index (χ1) is 9.63. The van der Waals surface area contributed by atoms with Gasteiger partial charge < -0.3 is 14.6 Å². The van der Waals surface area contributed by atoms with E-state index in [1.54, 1.807) is 13.8 Å². The lowest BCUT2D eigenvalue weighted by Gasteiger charge is -1.97. The Labute approximate surface area is 125 Å². The standard InChI is InChI=1S/C7H10O2.C5H8O2.C3H4O2/c1-4-5-9-7(8)6(2)3;1-4(2)5(6)7-3;1-2-3(4)5/h4H,1-2,5H2,3H3;1H2,2-3H3;2H,1H2,(H,4,5). The van der Waals surface area contributed by atoms with Gasteiger partial charge in [0, 0.05) is 17.2 Å². The monoisotopic (exact) mass is 298 g/mol. The second kappa shape index (κ2) is 15.4. The molecule has 0 aromatic heterocycles. The Morgan fingerprint density at radius 2 is 1.43 bits per heavy atom. The molecular formula is C15H22O6. The number of rotatable bonds is 5. The summed E-state index contributed by atoms with van der Waals surface area (Å²) in [5.74, 6) is -1.69. The van der Waals surface area contributed by atoms with Crippen LogP contribution in [0.25, 0.3) is 0 Å². The Kier molecular flexibility index (Phi) is 17.2. The van der Waals surface area contributed by atoms with Crippen molar-refractivity contribution in [3.05, 3.63) is 49.6 Å². The minimum Gasteiger partial charge on any atom is -0.478 e. The largest absolute Gasteiger partial charge is 0.478 e. The second-order valence-electron chi connectivity index (χ2n) is 3.48. The fourth-order valence-corrected chi connectivity index (χ4v) is 0.432. The smallest absolute Gasteiger partial charge is 0.333 e. The van der Waals surface area contributed by atoms with E-state index in [0.29, 0.717) is 11.1 Å². The first kappa shape index (κ1) is 23.5. The topological polar surface area (TPSA) is 89.9 Å². The Balaban J connectivity index is -0.000000242. The van der Waals surface area contributed by atoms with E-state index in [1.165, 1.54) is 13.2 Å². The summed E-state index contributed by atoms with van der Waals surface area (Å²) in [5.41, 5.74) is 0.847. The Morgan fingerprint density at radius 3 is 1.57 bits per heavy atom. The summed E-state index contributed by atoms with van der Waals surface area (Å²) in [6.07, 6.45) is 2.35. The lowest BCUT2D eigenvalue weighted by Crippen LogP contribution is -2.03. The number of hydrogen-bond acceptors (Lipinski definition) is 5. The van der Waals surface area contributed by atoms with Crippen LogP contribution in [0.3, 0.4) is 0 Å². The minimum atomic E-state index is -0.981. The average Bonchev–Trinajstić information content (AvgIpc) is 2.44. The highest BCUT2D eigenvalue weighted by Gasteiger charge is 1.98. The van der Waals surface area contributed by atoms with Gasteiger partial charge in [-0.1, -0.05) is 32.4 Å². The molecule has 0 amide bonds. The third-order valence-electron chi connectivity index (χ3n) is 1.39. The predicted molar refractivity (Wildman–Crippen MR) is 80.6 cm³/mol. The first-order valence-corrected chi connectivity index (χ1v) is 5.66. The zero-order chi connectivity index (χ0) is 17.4. The number of hydrogen-bond donors (Lipinski definition) is 1. The van der Waals surface area contributed by atoms with Gasteiger partial charge in [-0.05, 0) is 13.8 Å². The first-order valence-electron chi connectivity index (χ1n) is 5.66. The number of carbonyl (C=O) groups excluding carboxylic acids is 2. The zero-order valence-electron chi connectivity index (χ0n) is 12.7. The van der Waals surface area contributed by atoms with Crippen molar-refractivity contribution in [3.8, 4) is 0 Å². The number of esters is 2. The molecule has 0 aliphatic carbocycles. The van der Waals surface area contributed by atoms with Crippen LogP contribution in [-0.2, 0) is 23.9 Å². The van der Waals surface area contributed by atoms with E-state index in [0.717, 1.165) is 6.08 Å². The number of aliphatic carboxylic acids is 1. The second-order valence-corrected chi connectivity index (χ2v) is 3.48. The van der Waals surface area contributed by atoms with Crippen molar-refractivity contribution in [2.24, 2.45) is 0 Å². The fourth-order valence-electron chi connectivity index (χ4n) is 0.432. The Hall–Kier alpha value is -2.63. The van der Waals surface area contributed by atoms with E-state index in [2.05, 4.69) is 35.8 Å². The van der Waals surface area contributed by atoms with Crippen molar-refractivity contribution in [1.29, 1.82) is 0 Å². The van der Waals surface area contributed by atoms with Crippen molar-refractivity contribution in [3.63, 3.8) is 0 Å². The third kappa shape index (κ3) is 23.0. The quantitative estimate of drug-likeness (QED) is 0.476. The number of carboxylic acids is 1. The lowest BCUT2D eigenvalue weighted by molar-refractivity contribution is -0.138. The molecule has 0 aliphatic heterocycles. The Bertz CT molecular complexity index is 406. The van der Waals surface area contributed by atoms with Gasteiger partial charge in [0.25, 0.3) is 0 Å². The van der Waals surface area contributed by atoms with Crippen molar-refractivity contribution >= 4 is 17.9 Å². The summed E-state index contributed by atoms with van der Waals surface area (Å²) in [5, 5.41) is 7.60. The highest BCUT2D eigenvalue weighted by molar-refractivity contribution is 5.87. The minimum absolute atomic E-state index is 0.256. The molecule has 0 aromatic rings. The SMILES string of the molecule is C=C(C)C(=O)OC.C=CC(=O)O.C=CCOC(=O)C(=C)C. The highest BCUT2D eigenvalue weighted by Crippen LogP contribution is 1.90. The van der Waals surface area contributed by atoms with Crippen molar-refractivity contribution in [2.75, 3.05) is 13.7 Å². The molecule has 118 valence electrons. The number of ether oxygens (including phenoxy) is 2. The molecule has 6 nitrogen and oxygen atoms in total. The molecule has 0 aromatic carbocycles. The summed E-state index contributed by atoms with van der Waals surface area (Å²) >= 11 is 0. The molecule has 0 aliphatic rings. The average molecular weight is 298 g/mol. The lowest BCUT2D eigenvalue weighted by atomic mass is 10.4. The van der Waals surface area contributed by atoms with Gasteiger partial charge in [0.1, 0.15) is 6.61 Å². The number of carboxylic acid groups (broad SMARTS) is 1. The molecule has 0 unspecified atom stereocenters. The molecule has 0 heterocycles. The van der Waals surface area contributed by atoms with E-state index >= 15 is 0 Å². The van der Waals surface area contributed by atoms with Crippen molar-refractivity contribution in [2.45, 2.75) is 13.8 Å². The van der Waals surface area contributed by atoms with Gasteiger partial charge in [-0.15, -0.1) is 0 Å². The molecule has 0 radical (unpaired) electrons. The van der Waals surface area contributed by atoms with Crippen LogP contribution in [0.1, 0.15) is 13.8 Å². The molecule has 6 heteroatoms. The van der Waals surface area contributed by atoms with Crippen LogP contribution in [0.5, 0.6) is 0 Å². The summed E-state index contributed by atoms with van der Waals surface area (Å²) in [6, 6.07) is 0. The molecule has 0 rings (SSSR count). The summed E-state index contributed by atoms with van der Waals surface area (Å²) in [6.45, 7) is 16.6. The highest BCUT2D eigenvalue weighted by atomic mass is 16.5. The normalized spacial score (nSPS) is 7.57. The molecule has 1 N–H and O–H groups in total. The molecule has 0 spiro atoms. The predicted octanol–water partition coefficient (Wildman–Crippen LogP) is 2.28. The van der Waals surface area contributed by atoms with Gasteiger partial charge in [0.05, 0.1) is 7.11 Å². The molecule has 0 saturated carbocycles.